The van der Waals surface area contributed by atoms with Gasteiger partial charge in [0.25, 0.3) is 0 Å². The lowest BCUT2D eigenvalue weighted by atomic mass is 10.1. The minimum atomic E-state index is -0.670. The number of hydrogen-bond donors (Lipinski definition) is 0. The third kappa shape index (κ3) is 4.20. The molecule has 0 amide bonds. The second kappa shape index (κ2) is 8.04. The summed E-state index contributed by atoms with van der Waals surface area (Å²) in [7, 11) is 0. The summed E-state index contributed by atoms with van der Waals surface area (Å²) >= 11 is 4.94. The van der Waals surface area contributed by atoms with Crippen LogP contribution in [-0.2, 0) is 11.3 Å². The van der Waals surface area contributed by atoms with Crippen LogP contribution in [0.15, 0.2) is 57.3 Å². The first-order chi connectivity index (χ1) is 13.1. The van der Waals surface area contributed by atoms with Crippen LogP contribution in [0.25, 0.3) is 11.3 Å². The molecule has 1 aliphatic heterocycles. The topological polar surface area (TPSA) is 26.5 Å². The lowest BCUT2D eigenvalue weighted by molar-refractivity contribution is 0.0968. The molecule has 0 saturated carbocycles. The monoisotopic (exact) mass is 450 g/mol. The van der Waals surface area contributed by atoms with Gasteiger partial charge in [0, 0.05) is 28.1 Å². The van der Waals surface area contributed by atoms with Gasteiger partial charge in [-0.1, -0.05) is 28.1 Å². The van der Waals surface area contributed by atoms with Crippen molar-refractivity contribution in [1.29, 1.82) is 0 Å². The molecule has 7 heteroatoms. The minimum absolute atomic E-state index is 0.113. The number of hydrogen-bond acceptors (Lipinski definition) is 3. The smallest absolute Gasteiger partial charge is 0.190 e. The minimum Gasteiger partial charge on any atom is -0.376 e. The number of ether oxygens (including phenoxy) is 1. The Kier molecular flexibility index (Phi) is 5.52. The lowest BCUT2D eigenvalue weighted by Gasteiger charge is -2.14. The van der Waals surface area contributed by atoms with E-state index in [9.17, 15) is 8.78 Å². The maximum absolute atomic E-state index is 14.1. The van der Waals surface area contributed by atoms with Gasteiger partial charge in [-0.15, -0.1) is 11.3 Å². The molecule has 0 aliphatic carbocycles. The molecular weight excluding hydrogens is 434 g/mol. The standard InChI is InChI=1S/C20H17BrF2N2OS/c21-14-4-1-3-13(9-14)19-12-27-20(25(19)11-16-5-2-8-26-16)24-18-7-6-15(22)10-17(18)23/h1,3-4,6-7,9-10,12,16H,2,5,8,11H2. The number of benzene rings is 2. The van der Waals surface area contributed by atoms with E-state index in [1.807, 2.05) is 29.6 Å². The Morgan fingerprint density at radius 3 is 2.85 bits per heavy atom. The van der Waals surface area contributed by atoms with Crippen molar-refractivity contribution < 1.29 is 13.5 Å². The first-order valence-electron chi connectivity index (χ1n) is 8.66. The van der Waals surface area contributed by atoms with Crippen LogP contribution < -0.4 is 4.80 Å². The molecule has 2 aromatic carbocycles. The van der Waals surface area contributed by atoms with Gasteiger partial charge >= 0.3 is 0 Å². The molecule has 1 saturated heterocycles. The number of thiazole rings is 1. The van der Waals surface area contributed by atoms with Crippen molar-refractivity contribution >= 4 is 33.0 Å². The zero-order valence-electron chi connectivity index (χ0n) is 14.4. The maximum Gasteiger partial charge on any atom is 0.190 e. The fourth-order valence-electron chi connectivity index (χ4n) is 3.14. The summed E-state index contributed by atoms with van der Waals surface area (Å²) in [5.74, 6) is -1.28. The van der Waals surface area contributed by atoms with Crippen molar-refractivity contribution in [2.45, 2.75) is 25.5 Å². The summed E-state index contributed by atoms with van der Waals surface area (Å²) in [4.78, 5) is 5.12. The normalized spacial score (nSPS) is 17.6. The molecule has 1 fully saturated rings. The van der Waals surface area contributed by atoms with E-state index in [0.717, 1.165) is 41.2 Å². The molecule has 2 heterocycles. The molecule has 0 N–H and O–H groups in total. The fourth-order valence-corrected chi connectivity index (χ4v) is 4.47. The van der Waals surface area contributed by atoms with Gasteiger partial charge in [0.15, 0.2) is 10.6 Å². The molecule has 1 aliphatic rings. The third-order valence-electron chi connectivity index (χ3n) is 4.45. The van der Waals surface area contributed by atoms with Crippen molar-refractivity contribution in [2.24, 2.45) is 4.99 Å². The van der Waals surface area contributed by atoms with E-state index < -0.39 is 11.6 Å². The Labute approximate surface area is 168 Å². The summed E-state index contributed by atoms with van der Waals surface area (Å²) in [5.41, 5.74) is 2.16. The van der Waals surface area contributed by atoms with Gasteiger partial charge < -0.3 is 9.30 Å². The molecule has 3 nitrogen and oxygen atoms in total. The zero-order valence-corrected chi connectivity index (χ0v) is 16.8. The Morgan fingerprint density at radius 1 is 1.22 bits per heavy atom. The van der Waals surface area contributed by atoms with Crippen molar-refractivity contribution in [3.63, 3.8) is 0 Å². The van der Waals surface area contributed by atoms with Gasteiger partial charge in [-0.2, -0.15) is 0 Å². The summed E-state index contributed by atoms with van der Waals surface area (Å²) < 4.78 is 36.1. The van der Waals surface area contributed by atoms with Crippen molar-refractivity contribution in [2.75, 3.05) is 6.61 Å². The van der Waals surface area contributed by atoms with E-state index in [1.165, 1.54) is 23.5 Å². The molecule has 0 spiro atoms. The van der Waals surface area contributed by atoms with Gasteiger partial charge in [-0.3, -0.25) is 0 Å². The van der Waals surface area contributed by atoms with E-state index in [1.54, 1.807) is 0 Å². The summed E-state index contributed by atoms with van der Waals surface area (Å²) in [6, 6.07) is 11.4. The highest BCUT2D eigenvalue weighted by molar-refractivity contribution is 9.10. The Balaban J connectivity index is 1.82. The second-order valence-electron chi connectivity index (χ2n) is 6.37. The lowest BCUT2D eigenvalue weighted by Crippen LogP contribution is -2.24. The third-order valence-corrected chi connectivity index (χ3v) is 5.81. The van der Waals surface area contributed by atoms with Crippen molar-refractivity contribution in [1.82, 2.24) is 4.57 Å². The molecular formula is C20H17BrF2N2OS. The molecule has 4 rings (SSSR count). The second-order valence-corrected chi connectivity index (χ2v) is 8.12. The van der Waals surface area contributed by atoms with E-state index in [-0.39, 0.29) is 11.8 Å². The van der Waals surface area contributed by atoms with Gasteiger partial charge in [-0.25, -0.2) is 13.8 Å². The summed E-state index contributed by atoms with van der Waals surface area (Å²) in [6.45, 7) is 1.41. The van der Waals surface area contributed by atoms with Crippen LogP contribution >= 0.6 is 27.3 Å². The number of aromatic nitrogens is 1. The Bertz CT molecular complexity index is 1020. The average Bonchev–Trinajstić information content (AvgIpc) is 3.28. The first-order valence-corrected chi connectivity index (χ1v) is 10.3. The van der Waals surface area contributed by atoms with Crippen LogP contribution in [0.3, 0.4) is 0 Å². The molecule has 1 unspecified atom stereocenters. The van der Waals surface area contributed by atoms with E-state index >= 15 is 0 Å². The van der Waals surface area contributed by atoms with Crippen LogP contribution in [0.5, 0.6) is 0 Å². The molecule has 1 aromatic heterocycles. The molecule has 0 radical (unpaired) electrons. The molecule has 140 valence electrons. The van der Waals surface area contributed by atoms with Crippen LogP contribution in [0.2, 0.25) is 0 Å². The fraction of sp³-hybridized carbons (Fsp3) is 0.250. The van der Waals surface area contributed by atoms with E-state index in [0.29, 0.717) is 11.3 Å². The summed E-state index contributed by atoms with van der Waals surface area (Å²) in [6.07, 6.45) is 2.15. The average molecular weight is 451 g/mol. The zero-order chi connectivity index (χ0) is 18.8. The highest BCUT2D eigenvalue weighted by atomic mass is 79.9. The van der Waals surface area contributed by atoms with Crippen molar-refractivity contribution in [3.8, 4) is 11.3 Å². The predicted octanol–water partition coefficient (Wildman–Crippen LogP) is 5.67. The molecule has 1 atom stereocenters. The number of halogens is 3. The van der Waals surface area contributed by atoms with Crippen LogP contribution in [0.4, 0.5) is 14.5 Å². The maximum atomic E-state index is 14.1. The van der Waals surface area contributed by atoms with Gasteiger partial charge in [0.2, 0.25) is 0 Å². The number of nitrogens with zero attached hydrogens (tertiary/aromatic N) is 2. The molecule has 0 bridgehead atoms. The highest BCUT2D eigenvalue weighted by Crippen LogP contribution is 2.26. The molecule has 27 heavy (non-hydrogen) atoms. The highest BCUT2D eigenvalue weighted by Gasteiger charge is 2.19. The van der Waals surface area contributed by atoms with Crippen LogP contribution in [-0.4, -0.2) is 17.3 Å². The largest absolute Gasteiger partial charge is 0.376 e. The van der Waals surface area contributed by atoms with Gasteiger partial charge in [0.05, 0.1) is 18.3 Å². The SMILES string of the molecule is Fc1ccc(N=c2scc(-c3cccc(Br)c3)n2CC2CCCO2)c(F)c1. The number of rotatable bonds is 4. The van der Waals surface area contributed by atoms with E-state index in [2.05, 4.69) is 25.5 Å². The Morgan fingerprint density at radius 2 is 2.11 bits per heavy atom. The quantitative estimate of drug-likeness (QED) is 0.502. The summed E-state index contributed by atoms with van der Waals surface area (Å²) in [5, 5.41) is 2.01. The predicted molar refractivity (Wildman–Crippen MR) is 106 cm³/mol. The first kappa shape index (κ1) is 18.5. The van der Waals surface area contributed by atoms with Gasteiger partial charge in [0.1, 0.15) is 11.5 Å². The van der Waals surface area contributed by atoms with E-state index in [4.69, 9.17) is 4.74 Å². The van der Waals surface area contributed by atoms with Crippen molar-refractivity contribution in [3.05, 3.63) is 68.8 Å². The molecule has 3 aromatic rings. The van der Waals surface area contributed by atoms with Gasteiger partial charge in [-0.05, 0) is 37.1 Å². The van der Waals surface area contributed by atoms with Crippen LogP contribution in [0, 0.1) is 11.6 Å². The van der Waals surface area contributed by atoms with Crippen LogP contribution in [0.1, 0.15) is 12.8 Å². The Hall–Kier alpha value is -1.83.